The van der Waals surface area contributed by atoms with Crippen LogP contribution in [0.2, 0.25) is 0 Å². The van der Waals surface area contributed by atoms with Gasteiger partial charge in [0.2, 0.25) is 0 Å². The first-order chi connectivity index (χ1) is 33.8. The summed E-state index contributed by atoms with van der Waals surface area (Å²) < 4.78 is 25.3. The van der Waals surface area contributed by atoms with E-state index in [1.54, 1.807) is 27.7 Å². The largest absolute Gasteiger partial charge is 0.390 e. The summed E-state index contributed by atoms with van der Waals surface area (Å²) in [4.78, 5) is 0. The lowest BCUT2D eigenvalue weighted by Gasteiger charge is -2.33. The summed E-state index contributed by atoms with van der Waals surface area (Å²) in [5, 5.41) is 9.67. The van der Waals surface area contributed by atoms with Crippen LogP contribution in [0.1, 0.15) is 324 Å². The average Bonchev–Trinajstić information content (AvgIpc) is 4.07. The highest BCUT2D eigenvalue weighted by molar-refractivity contribution is 4.97. The lowest BCUT2D eigenvalue weighted by Crippen LogP contribution is -2.46. The Hall–Kier alpha value is -0.220. The number of halogens is 2. The molecule has 77 heavy (non-hydrogen) atoms. The molecular weight excluding hydrogens is 945 g/mol. The van der Waals surface area contributed by atoms with Gasteiger partial charge in [-0.05, 0) is 156 Å². The second-order valence-electron chi connectivity index (χ2n) is 32.2. The van der Waals surface area contributed by atoms with Crippen molar-refractivity contribution in [3.63, 3.8) is 0 Å². The van der Waals surface area contributed by atoms with Gasteiger partial charge in [-0.1, -0.05) is 291 Å². The van der Waals surface area contributed by atoms with Crippen LogP contribution in [-0.4, -0.2) is 22.2 Å². The molecule has 0 bridgehead atoms. The second-order valence-corrected chi connectivity index (χ2v) is 32.2. The van der Waals surface area contributed by atoms with E-state index in [0.29, 0.717) is 34.5 Å². The predicted molar refractivity (Wildman–Crippen MR) is 357 cm³/mol. The molecule has 0 spiro atoms. The minimum atomic E-state index is -2.50. The van der Waals surface area contributed by atoms with Crippen molar-refractivity contribution in [2.24, 2.45) is 140 Å². The van der Waals surface area contributed by atoms with Crippen molar-refractivity contribution in [2.75, 3.05) is 0 Å². The predicted octanol–water partition coefficient (Wildman–Crippen LogP) is 25.3. The van der Waals surface area contributed by atoms with E-state index >= 15 is 0 Å². The molecule has 478 valence electrons. The molecule has 0 aromatic rings. The van der Waals surface area contributed by atoms with Gasteiger partial charge in [0.15, 0.2) is 0 Å². The number of rotatable bonds is 18. The normalized spacial score (nSPS) is 14.0. The van der Waals surface area contributed by atoms with E-state index < -0.39 is 23.4 Å². The maximum Gasteiger partial charge on any atom is 0.252 e. The van der Waals surface area contributed by atoms with Crippen LogP contribution in [0, 0.1) is 135 Å². The molecule has 1 aliphatic carbocycles. The Morgan fingerprint density at radius 2 is 0.532 bits per heavy atom. The van der Waals surface area contributed by atoms with Gasteiger partial charge in [-0.2, -0.15) is 0 Å². The van der Waals surface area contributed by atoms with Gasteiger partial charge in [0.05, 0.1) is 5.60 Å². The molecule has 0 aromatic heterocycles. The first kappa shape index (κ1) is 93.2. The molecule has 3 N–H and O–H groups in total. The first-order valence-corrected chi connectivity index (χ1v) is 32.7. The zero-order valence-corrected chi connectivity index (χ0v) is 62.4. The van der Waals surface area contributed by atoms with Crippen molar-refractivity contribution in [3.05, 3.63) is 0 Å². The van der Waals surface area contributed by atoms with E-state index in [0.717, 1.165) is 88.3 Å². The quantitative estimate of drug-likeness (QED) is 0.144. The summed E-state index contributed by atoms with van der Waals surface area (Å²) in [6.07, 6.45) is 4.31. The maximum absolute atomic E-state index is 12.7. The van der Waals surface area contributed by atoms with Crippen molar-refractivity contribution in [2.45, 2.75) is 341 Å². The smallest absolute Gasteiger partial charge is 0.252 e. The lowest BCUT2D eigenvalue weighted by molar-refractivity contribution is -0.0857. The fourth-order valence-electron chi connectivity index (χ4n) is 7.78. The second kappa shape index (κ2) is 43.4. The van der Waals surface area contributed by atoms with E-state index in [4.69, 9.17) is 5.73 Å². The Kier molecular flexibility index (Phi) is 52.6. The van der Waals surface area contributed by atoms with Crippen LogP contribution >= 0.6 is 0 Å². The zero-order valence-electron chi connectivity index (χ0n) is 62.4. The fraction of sp³-hybridized carbons (Fsp3) is 1.00. The molecule has 0 atom stereocenters. The van der Waals surface area contributed by atoms with E-state index in [1.807, 2.05) is 34.6 Å². The number of aliphatic hydroxyl groups is 1. The summed E-state index contributed by atoms with van der Waals surface area (Å²) in [6, 6.07) is 0. The van der Waals surface area contributed by atoms with Gasteiger partial charge in [-0.3, -0.25) is 0 Å². The van der Waals surface area contributed by atoms with Gasteiger partial charge in [0.1, 0.15) is 0 Å². The molecule has 0 radical (unpaired) electrons. The SMILES string of the molecule is CC(C)C(C)(C)C(C)C.CC(C)C(C)(C)C(C)C.CC(C)C(C)(N)C(C)C.CC(C)C(C)(O)C(C)C.CC(C)C(C)C(C)C.CC(C)C(C)C(C)C.CC(C)C(F)(F)C(C)C.CC(C)C1(C(C)C)CC1.CC(C)CC(C)C. The van der Waals surface area contributed by atoms with Crippen LogP contribution in [-0.2, 0) is 0 Å². The van der Waals surface area contributed by atoms with Gasteiger partial charge in [-0.15, -0.1) is 0 Å². The van der Waals surface area contributed by atoms with E-state index in [9.17, 15) is 13.9 Å². The Labute approximate surface area is 493 Å². The van der Waals surface area contributed by atoms with Crippen LogP contribution in [0.15, 0.2) is 0 Å². The summed E-state index contributed by atoms with van der Waals surface area (Å²) in [7, 11) is 0. The van der Waals surface area contributed by atoms with Crippen LogP contribution in [0.5, 0.6) is 0 Å². The van der Waals surface area contributed by atoms with Gasteiger partial charge in [0, 0.05) is 17.4 Å². The minimum absolute atomic E-state index is 0.000000000000000222. The summed E-state index contributed by atoms with van der Waals surface area (Å²) in [6.45, 7) is 96.0. The van der Waals surface area contributed by atoms with Crippen molar-refractivity contribution in [1.82, 2.24) is 0 Å². The van der Waals surface area contributed by atoms with Gasteiger partial charge >= 0.3 is 0 Å². The topological polar surface area (TPSA) is 46.2 Å². The fourth-order valence-corrected chi connectivity index (χ4v) is 7.78. The third-order valence-electron chi connectivity index (χ3n) is 20.6. The molecule has 0 unspecified atom stereocenters. The molecule has 1 saturated carbocycles. The van der Waals surface area contributed by atoms with Crippen molar-refractivity contribution >= 4 is 0 Å². The monoisotopic (exact) mass is 1110 g/mol. The summed E-state index contributed by atoms with van der Waals surface area (Å²) in [5.41, 5.74) is 7.25. The molecule has 0 heterocycles. The first-order valence-electron chi connectivity index (χ1n) is 32.7. The van der Waals surface area contributed by atoms with Crippen molar-refractivity contribution in [3.8, 4) is 0 Å². The molecule has 0 aliphatic heterocycles. The molecular formula is C73H161F2NO. The summed E-state index contributed by atoms with van der Waals surface area (Å²) >= 11 is 0. The number of nitrogens with two attached hydrogens (primary N) is 1. The van der Waals surface area contributed by atoms with Crippen molar-refractivity contribution in [1.29, 1.82) is 0 Å². The molecule has 0 aromatic carbocycles. The third kappa shape index (κ3) is 44.0. The Balaban J connectivity index is -0.000000116. The van der Waals surface area contributed by atoms with Crippen LogP contribution in [0.4, 0.5) is 8.78 Å². The maximum atomic E-state index is 12.7. The Morgan fingerprint density at radius 3 is 0.532 bits per heavy atom. The molecule has 4 heteroatoms. The standard InChI is InChI=1S/C9H18.2C9H20.C8H19N.C8H18O.2C8H18.C7H14F2.C7H16/c1-7(2)9(5-6-9)8(3)4;2*1-7(2)9(5,6)8(3)4;2*1-6(2)8(5,9)7(3)4;2*1-6(2)8(5)7(3)4;1-5(2)7(8,9)6(3)4;1-6(2)5-7(3)4/h7-8H,5-6H2,1-4H3;2*7-8H,1-6H3;6-7H,9H2,1-5H3;6-7,9H,1-5H3;2*6-8H,1-5H3;5-6H,1-4H3;6-7H,5H2,1-4H3. The van der Waals surface area contributed by atoms with E-state index in [2.05, 4.69) is 242 Å². The average molecular weight is 1110 g/mol. The zero-order chi connectivity index (χ0) is 64.7. The molecule has 1 fully saturated rings. The van der Waals surface area contributed by atoms with Crippen LogP contribution < -0.4 is 5.73 Å². The molecule has 0 amide bonds. The van der Waals surface area contributed by atoms with Gasteiger partial charge in [-0.25, -0.2) is 8.78 Å². The van der Waals surface area contributed by atoms with E-state index in [1.165, 1.54) is 19.3 Å². The number of alkyl halides is 2. The molecule has 2 nitrogen and oxygen atoms in total. The van der Waals surface area contributed by atoms with Gasteiger partial charge in [0.25, 0.3) is 5.92 Å². The summed E-state index contributed by atoms with van der Waals surface area (Å²) in [5.74, 6) is 10.1. The Bertz CT molecular complexity index is 1010. The third-order valence-corrected chi connectivity index (χ3v) is 20.6. The van der Waals surface area contributed by atoms with Crippen LogP contribution in [0.25, 0.3) is 0 Å². The van der Waals surface area contributed by atoms with Gasteiger partial charge < -0.3 is 10.8 Å². The molecule has 0 saturated heterocycles. The number of hydrogen-bond donors (Lipinski definition) is 2. The van der Waals surface area contributed by atoms with Crippen LogP contribution in [0.3, 0.4) is 0 Å². The number of hydrogen-bond acceptors (Lipinski definition) is 2. The lowest BCUT2D eigenvalue weighted by atomic mass is 9.72. The highest BCUT2D eigenvalue weighted by Crippen LogP contribution is 2.57. The molecule has 1 rings (SSSR count). The highest BCUT2D eigenvalue weighted by Gasteiger charge is 2.47. The van der Waals surface area contributed by atoms with Crippen molar-refractivity contribution < 1.29 is 13.9 Å². The highest BCUT2D eigenvalue weighted by atomic mass is 19.3. The van der Waals surface area contributed by atoms with E-state index in [-0.39, 0.29) is 5.54 Å². The Morgan fingerprint density at radius 1 is 0.338 bits per heavy atom. The minimum Gasteiger partial charge on any atom is -0.390 e. The molecule has 1 aliphatic rings.